The molecular formula is C11H13ClN2O2. The molecule has 1 amide bonds. The van der Waals surface area contributed by atoms with Gasteiger partial charge >= 0.3 is 0 Å². The topological polar surface area (TPSA) is 61.4 Å². The first-order valence-electron chi connectivity index (χ1n) is 5.13. The van der Waals surface area contributed by atoms with E-state index in [2.05, 4.69) is 10.6 Å². The summed E-state index contributed by atoms with van der Waals surface area (Å²) in [5, 5.41) is 15.6. The Balaban J connectivity index is 1.97. The molecule has 2 unspecified atom stereocenters. The number of halogens is 1. The minimum atomic E-state index is -0.435. The van der Waals surface area contributed by atoms with E-state index < -0.39 is 6.10 Å². The molecule has 0 bridgehead atoms. The molecule has 1 aliphatic heterocycles. The van der Waals surface area contributed by atoms with Crippen molar-refractivity contribution in [2.24, 2.45) is 0 Å². The van der Waals surface area contributed by atoms with E-state index in [1.54, 1.807) is 24.3 Å². The summed E-state index contributed by atoms with van der Waals surface area (Å²) in [6.45, 7) is 0.466. The van der Waals surface area contributed by atoms with Gasteiger partial charge in [-0.25, -0.2) is 0 Å². The molecule has 2 rings (SSSR count). The SMILES string of the molecule is O=C(Nc1cccc(Cl)c1)C1CC(O)CN1. The Hall–Kier alpha value is -1.10. The monoisotopic (exact) mass is 240 g/mol. The number of nitrogens with one attached hydrogen (secondary N) is 2. The number of rotatable bonds is 2. The summed E-state index contributed by atoms with van der Waals surface area (Å²) in [6, 6.07) is 6.65. The van der Waals surface area contributed by atoms with Crippen LogP contribution < -0.4 is 10.6 Å². The lowest BCUT2D eigenvalue weighted by atomic mass is 10.2. The van der Waals surface area contributed by atoms with Crippen molar-refractivity contribution in [2.45, 2.75) is 18.6 Å². The quantitative estimate of drug-likeness (QED) is 0.723. The molecular weight excluding hydrogens is 228 g/mol. The van der Waals surface area contributed by atoms with Gasteiger partial charge in [-0.1, -0.05) is 17.7 Å². The molecule has 1 saturated heterocycles. The highest BCUT2D eigenvalue weighted by Crippen LogP contribution is 2.16. The molecule has 2 atom stereocenters. The van der Waals surface area contributed by atoms with Crippen LogP contribution in [0.3, 0.4) is 0 Å². The summed E-state index contributed by atoms with van der Waals surface area (Å²) in [6.07, 6.45) is 0.0157. The number of aliphatic hydroxyl groups is 1. The van der Waals surface area contributed by atoms with E-state index in [-0.39, 0.29) is 11.9 Å². The van der Waals surface area contributed by atoms with E-state index in [0.717, 1.165) is 0 Å². The van der Waals surface area contributed by atoms with Gasteiger partial charge in [-0.2, -0.15) is 0 Å². The molecule has 1 aliphatic rings. The average Bonchev–Trinajstić information content (AvgIpc) is 2.65. The predicted octanol–water partition coefficient (Wildman–Crippen LogP) is 1.00. The Morgan fingerprint density at radius 3 is 3.00 bits per heavy atom. The second kappa shape index (κ2) is 4.82. The number of benzene rings is 1. The molecule has 3 N–H and O–H groups in total. The van der Waals surface area contributed by atoms with Crippen molar-refractivity contribution in [2.75, 3.05) is 11.9 Å². The van der Waals surface area contributed by atoms with Crippen molar-refractivity contribution in [1.29, 1.82) is 0 Å². The van der Waals surface area contributed by atoms with Crippen LogP contribution in [-0.4, -0.2) is 29.7 Å². The van der Waals surface area contributed by atoms with Gasteiger partial charge in [0.25, 0.3) is 0 Å². The van der Waals surface area contributed by atoms with Crippen LogP contribution in [0.5, 0.6) is 0 Å². The zero-order valence-corrected chi connectivity index (χ0v) is 9.37. The molecule has 1 aromatic rings. The van der Waals surface area contributed by atoms with Crippen LogP contribution in [0, 0.1) is 0 Å². The lowest BCUT2D eigenvalue weighted by molar-refractivity contribution is -0.117. The summed E-state index contributed by atoms with van der Waals surface area (Å²) >= 11 is 5.80. The fraction of sp³-hybridized carbons (Fsp3) is 0.364. The van der Waals surface area contributed by atoms with Gasteiger partial charge in [-0.3, -0.25) is 4.79 Å². The van der Waals surface area contributed by atoms with Crippen molar-refractivity contribution in [3.8, 4) is 0 Å². The highest BCUT2D eigenvalue weighted by Gasteiger charge is 2.27. The number of amides is 1. The lowest BCUT2D eigenvalue weighted by Gasteiger charge is -2.10. The second-order valence-electron chi connectivity index (χ2n) is 3.85. The van der Waals surface area contributed by atoms with Gasteiger partial charge in [-0.15, -0.1) is 0 Å². The number of hydrogen-bond acceptors (Lipinski definition) is 3. The van der Waals surface area contributed by atoms with Crippen LogP contribution in [0.4, 0.5) is 5.69 Å². The molecule has 0 aliphatic carbocycles. The fourth-order valence-corrected chi connectivity index (χ4v) is 1.90. The van der Waals surface area contributed by atoms with Crippen molar-refractivity contribution >= 4 is 23.2 Å². The van der Waals surface area contributed by atoms with Gasteiger partial charge in [0.05, 0.1) is 12.1 Å². The maximum atomic E-state index is 11.7. The number of β-amino-alcohol motifs (C(OH)–C–C–N with tert-alkyl or cyclic N) is 1. The first-order valence-corrected chi connectivity index (χ1v) is 5.51. The summed E-state index contributed by atoms with van der Waals surface area (Å²) in [7, 11) is 0. The highest BCUT2D eigenvalue weighted by atomic mass is 35.5. The Kier molecular flexibility index (Phi) is 3.43. The first-order chi connectivity index (χ1) is 7.65. The third kappa shape index (κ3) is 2.72. The maximum Gasteiger partial charge on any atom is 0.241 e. The number of anilines is 1. The first kappa shape index (κ1) is 11.4. The van der Waals surface area contributed by atoms with E-state index in [4.69, 9.17) is 11.6 Å². The molecule has 1 heterocycles. The number of hydrogen-bond donors (Lipinski definition) is 3. The van der Waals surface area contributed by atoms with Crippen LogP contribution in [0.1, 0.15) is 6.42 Å². The average molecular weight is 241 g/mol. The smallest absolute Gasteiger partial charge is 0.241 e. The minimum Gasteiger partial charge on any atom is -0.392 e. The Bertz CT molecular complexity index is 397. The van der Waals surface area contributed by atoms with Gasteiger partial charge in [0.2, 0.25) is 5.91 Å². The van der Waals surface area contributed by atoms with Crippen LogP contribution in [0.15, 0.2) is 24.3 Å². The van der Waals surface area contributed by atoms with Gasteiger partial charge in [-0.05, 0) is 24.6 Å². The molecule has 5 heteroatoms. The largest absolute Gasteiger partial charge is 0.392 e. The Morgan fingerprint density at radius 1 is 1.56 bits per heavy atom. The Morgan fingerprint density at radius 2 is 2.38 bits per heavy atom. The van der Waals surface area contributed by atoms with Crippen molar-refractivity contribution in [3.05, 3.63) is 29.3 Å². The zero-order valence-electron chi connectivity index (χ0n) is 8.61. The van der Waals surface area contributed by atoms with Crippen molar-refractivity contribution in [3.63, 3.8) is 0 Å². The fourth-order valence-electron chi connectivity index (χ4n) is 1.71. The summed E-state index contributed by atoms with van der Waals surface area (Å²) in [5.74, 6) is -0.140. The van der Waals surface area contributed by atoms with Gasteiger partial charge in [0, 0.05) is 17.3 Å². The van der Waals surface area contributed by atoms with E-state index in [1.807, 2.05) is 0 Å². The van der Waals surface area contributed by atoms with Crippen molar-refractivity contribution in [1.82, 2.24) is 5.32 Å². The molecule has 16 heavy (non-hydrogen) atoms. The van der Waals surface area contributed by atoms with Gasteiger partial charge in [0.1, 0.15) is 0 Å². The minimum absolute atomic E-state index is 0.140. The Labute approximate surface area is 98.6 Å². The highest BCUT2D eigenvalue weighted by molar-refractivity contribution is 6.30. The van der Waals surface area contributed by atoms with E-state index >= 15 is 0 Å². The van der Waals surface area contributed by atoms with Crippen LogP contribution in [0.25, 0.3) is 0 Å². The number of aliphatic hydroxyl groups excluding tert-OH is 1. The molecule has 0 aromatic heterocycles. The molecule has 0 saturated carbocycles. The van der Waals surface area contributed by atoms with Gasteiger partial charge < -0.3 is 15.7 Å². The van der Waals surface area contributed by atoms with Gasteiger partial charge in [0.15, 0.2) is 0 Å². The van der Waals surface area contributed by atoms with Crippen LogP contribution in [-0.2, 0) is 4.79 Å². The summed E-state index contributed by atoms with van der Waals surface area (Å²) < 4.78 is 0. The molecule has 4 nitrogen and oxygen atoms in total. The van der Waals surface area contributed by atoms with Crippen LogP contribution in [0.2, 0.25) is 5.02 Å². The maximum absolute atomic E-state index is 11.7. The molecule has 1 aromatic carbocycles. The van der Waals surface area contributed by atoms with E-state index in [1.165, 1.54) is 0 Å². The lowest BCUT2D eigenvalue weighted by Crippen LogP contribution is -2.35. The second-order valence-corrected chi connectivity index (χ2v) is 4.29. The molecule has 0 radical (unpaired) electrons. The number of carbonyl (C=O) groups is 1. The number of carbonyl (C=O) groups excluding carboxylic acids is 1. The molecule has 0 spiro atoms. The van der Waals surface area contributed by atoms with Crippen LogP contribution >= 0.6 is 11.6 Å². The van der Waals surface area contributed by atoms with E-state index in [0.29, 0.717) is 23.7 Å². The molecule has 1 fully saturated rings. The third-order valence-electron chi connectivity index (χ3n) is 2.52. The summed E-state index contributed by atoms with van der Waals surface area (Å²) in [5.41, 5.74) is 0.667. The molecule has 86 valence electrons. The summed E-state index contributed by atoms with van der Waals surface area (Å²) in [4.78, 5) is 11.7. The zero-order chi connectivity index (χ0) is 11.5. The predicted molar refractivity (Wildman–Crippen MR) is 62.5 cm³/mol. The normalized spacial score (nSPS) is 24.4. The standard InChI is InChI=1S/C11H13ClN2O2/c12-7-2-1-3-8(4-7)14-11(16)10-5-9(15)6-13-10/h1-4,9-10,13,15H,5-6H2,(H,14,16). The third-order valence-corrected chi connectivity index (χ3v) is 2.75. The van der Waals surface area contributed by atoms with E-state index in [9.17, 15) is 9.90 Å². The van der Waals surface area contributed by atoms with Crippen molar-refractivity contribution < 1.29 is 9.90 Å².